The van der Waals surface area contributed by atoms with Gasteiger partial charge in [-0.15, -0.1) is 0 Å². The Labute approximate surface area is 90.4 Å². The van der Waals surface area contributed by atoms with E-state index in [-0.39, 0.29) is 0 Å². The lowest BCUT2D eigenvalue weighted by Crippen LogP contribution is -2.45. The molecule has 1 aliphatic heterocycles. The highest BCUT2D eigenvalue weighted by molar-refractivity contribution is 5.27. The van der Waals surface area contributed by atoms with Crippen LogP contribution in [0.4, 0.5) is 0 Å². The maximum atomic E-state index is 5.38. The maximum absolute atomic E-state index is 5.38. The largest absolute Gasteiger partial charge is 0.494 e. The van der Waals surface area contributed by atoms with Gasteiger partial charge in [-0.3, -0.25) is 0 Å². The fourth-order valence-corrected chi connectivity index (χ4v) is 1.49. The van der Waals surface area contributed by atoms with Crippen molar-refractivity contribution < 1.29 is 9.47 Å². The molecule has 0 amide bonds. The van der Waals surface area contributed by atoms with E-state index in [1.54, 1.807) is 0 Å². The molecule has 0 aromatic heterocycles. The number of rotatable bonds is 5. The zero-order valence-electron chi connectivity index (χ0n) is 9.03. The van der Waals surface area contributed by atoms with Gasteiger partial charge in [0.1, 0.15) is 5.75 Å². The first-order valence-corrected chi connectivity index (χ1v) is 5.41. The minimum atomic E-state index is 0.538. The number of benzene rings is 1. The third-order valence-corrected chi connectivity index (χ3v) is 2.47. The van der Waals surface area contributed by atoms with Crippen LogP contribution < -0.4 is 10.1 Å². The Kier molecular flexibility index (Phi) is 3.59. The SMILES string of the molecule is CCOc1ccc(CNC2COC2)cc1. The van der Waals surface area contributed by atoms with Crippen molar-refractivity contribution in [1.82, 2.24) is 5.32 Å². The monoisotopic (exact) mass is 207 g/mol. The summed E-state index contributed by atoms with van der Waals surface area (Å²) < 4.78 is 10.5. The van der Waals surface area contributed by atoms with Crippen LogP contribution in [0.15, 0.2) is 24.3 Å². The first-order chi connectivity index (χ1) is 7.38. The first kappa shape index (κ1) is 10.5. The number of nitrogens with one attached hydrogen (secondary N) is 1. The molecule has 3 heteroatoms. The van der Waals surface area contributed by atoms with E-state index < -0.39 is 0 Å². The van der Waals surface area contributed by atoms with Crippen LogP contribution in [0.3, 0.4) is 0 Å². The number of ether oxygens (including phenoxy) is 2. The lowest BCUT2D eigenvalue weighted by atomic mass is 10.2. The van der Waals surface area contributed by atoms with Gasteiger partial charge in [-0.2, -0.15) is 0 Å². The summed E-state index contributed by atoms with van der Waals surface area (Å²) in [6.45, 7) is 5.30. The number of hydrogen-bond donors (Lipinski definition) is 1. The average Bonchev–Trinajstić information content (AvgIpc) is 2.19. The van der Waals surface area contributed by atoms with Crippen LogP contribution in [0.1, 0.15) is 12.5 Å². The zero-order valence-corrected chi connectivity index (χ0v) is 9.03. The molecular formula is C12H17NO2. The van der Waals surface area contributed by atoms with Crippen molar-refractivity contribution in [3.05, 3.63) is 29.8 Å². The molecule has 1 N–H and O–H groups in total. The molecule has 1 aliphatic rings. The summed E-state index contributed by atoms with van der Waals surface area (Å²) in [5, 5.41) is 3.42. The second-order valence-corrected chi connectivity index (χ2v) is 3.69. The Morgan fingerprint density at radius 1 is 1.33 bits per heavy atom. The van der Waals surface area contributed by atoms with Gasteiger partial charge in [-0.1, -0.05) is 12.1 Å². The molecule has 1 aromatic rings. The molecule has 0 unspecified atom stereocenters. The lowest BCUT2D eigenvalue weighted by molar-refractivity contribution is -0.00578. The van der Waals surface area contributed by atoms with E-state index in [1.807, 2.05) is 19.1 Å². The molecule has 1 aromatic carbocycles. The molecule has 0 spiro atoms. The molecule has 1 fully saturated rings. The quantitative estimate of drug-likeness (QED) is 0.795. The molecule has 0 radical (unpaired) electrons. The standard InChI is InChI=1S/C12H17NO2/c1-2-15-12-5-3-10(4-6-12)7-13-11-8-14-9-11/h3-6,11,13H,2,7-9H2,1H3. The van der Waals surface area contributed by atoms with Gasteiger partial charge in [0.2, 0.25) is 0 Å². The highest BCUT2D eigenvalue weighted by atomic mass is 16.5. The second kappa shape index (κ2) is 5.14. The maximum Gasteiger partial charge on any atom is 0.119 e. The highest BCUT2D eigenvalue weighted by Crippen LogP contribution is 2.12. The van der Waals surface area contributed by atoms with Crippen LogP contribution in [-0.4, -0.2) is 25.9 Å². The van der Waals surface area contributed by atoms with Crippen molar-refractivity contribution in [3.63, 3.8) is 0 Å². The second-order valence-electron chi connectivity index (χ2n) is 3.69. The topological polar surface area (TPSA) is 30.5 Å². The van der Waals surface area contributed by atoms with Gasteiger partial charge in [-0.25, -0.2) is 0 Å². The van der Waals surface area contributed by atoms with Gasteiger partial charge >= 0.3 is 0 Å². The van der Waals surface area contributed by atoms with Crippen LogP contribution >= 0.6 is 0 Å². The highest BCUT2D eigenvalue weighted by Gasteiger charge is 2.16. The number of hydrogen-bond acceptors (Lipinski definition) is 3. The fourth-order valence-electron chi connectivity index (χ4n) is 1.49. The predicted octanol–water partition coefficient (Wildman–Crippen LogP) is 1.57. The van der Waals surface area contributed by atoms with Gasteiger partial charge < -0.3 is 14.8 Å². The summed E-state index contributed by atoms with van der Waals surface area (Å²) in [7, 11) is 0. The molecule has 1 saturated heterocycles. The Morgan fingerprint density at radius 2 is 2.07 bits per heavy atom. The van der Waals surface area contributed by atoms with Crippen molar-refractivity contribution in [3.8, 4) is 5.75 Å². The van der Waals surface area contributed by atoms with E-state index >= 15 is 0 Å². The summed E-state index contributed by atoms with van der Waals surface area (Å²) in [4.78, 5) is 0. The summed E-state index contributed by atoms with van der Waals surface area (Å²) in [6.07, 6.45) is 0. The van der Waals surface area contributed by atoms with Crippen LogP contribution in [0.5, 0.6) is 5.75 Å². The minimum Gasteiger partial charge on any atom is -0.494 e. The normalized spacial score (nSPS) is 16.1. The van der Waals surface area contributed by atoms with Crippen molar-refractivity contribution >= 4 is 0 Å². The van der Waals surface area contributed by atoms with Crippen molar-refractivity contribution in [2.24, 2.45) is 0 Å². The summed E-state index contributed by atoms with van der Waals surface area (Å²) >= 11 is 0. The third kappa shape index (κ3) is 2.94. The van der Waals surface area contributed by atoms with E-state index in [9.17, 15) is 0 Å². The van der Waals surface area contributed by atoms with Crippen molar-refractivity contribution in [2.75, 3.05) is 19.8 Å². The Hall–Kier alpha value is -1.06. The van der Waals surface area contributed by atoms with Crippen LogP contribution in [-0.2, 0) is 11.3 Å². The zero-order chi connectivity index (χ0) is 10.5. The smallest absolute Gasteiger partial charge is 0.119 e. The summed E-state index contributed by atoms with van der Waals surface area (Å²) in [5.41, 5.74) is 1.28. The summed E-state index contributed by atoms with van der Waals surface area (Å²) in [5.74, 6) is 0.938. The molecule has 0 atom stereocenters. The van der Waals surface area contributed by atoms with Gasteiger partial charge in [-0.05, 0) is 24.6 Å². The van der Waals surface area contributed by atoms with Crippen LogP contribution in [0.2, 0.25) is 0 Å². The Balaban J connectivity index is 1.80. The van der Waals surface area contributed by atoms with Gasteiger partial charge in [0.15, 0.2) is 0 Å². The molecular weight excluding hydrogens is 190 g/mol. The molecule has 1 heterocycles. The van der Waals surface area contributed by atoms with E-state index in [0.29, 0.717) is 6.04 Å². The summed E-state index contributed by atoms with van der Waals surface area (Å²) in [6, 6.07) is 8.75. The van der Waals surface area contributed by atoms with Gasteiger partial charge in [0.25, 0.3) is 0 Å². The van der Waals surface area contributed by atoms with E-state index in [4.69, 9.17) is 9.47 Å². The van der Waals surface area contributed by atoms with Gasteiger partial charge in [0, 0.05) is 6.54 Å². The lowest BCUT2D eigenvalue weighted by Gasteiger charge is -2.27. The minimum absolute atomic E-state index is 0.538. The third-order valence-electron chi connectivity index (χ3n) is 2.47. The molecule has 82 valence electrons. The van der Waals surface area contributed by atoms with E-state index in [0.717, 1.165) is 32.1 Å². The fraction of sp³-hybridized carbons (Fsp3) is 0.500. The van der Waals surface area contributed by atoms with Crippen molar-refractivity contribution in [1.29, 1.82) is 0 Å². The van der Waals surface area contributed by atoms with Crippen molar-refractivity contribution in [2.45, 2.75) is 19.5 Å². The van der Waals surface area contributed by atoms with E-state index in [2.05, 4.69) is 17.4 Å². The molecule has 15 heavy (non-hydrogen) atoms. The van der Waals surface area contributed by atoms with Gasteiger partial charge in [0.05, 0.1) is 25.9 Å². The molecule has 0 bridgehead atoms. The molecule has 0 aliphatic carbocycles. The van der Waals surface area contributed by atoms with Crippen LogP contribution in [0.25, 0.3) is 0 Å². The van der Waals surface area contributed by atoms with Crippen LogP contribution in [0, 0.1) is 0 Å². The molecule has 0 saturated carbocycles. The average molecular weight is 207 g/mol. The predicted molar refractivity (Wildman–Crippen MR) is 59.1 cm³/mol. The molecule has 2 rings (SSSR count). The first-order valence-electron chi connectivity index (χ1n) is 5.41. The Bertz CT molecular complexity index is 293. The molecule has 3 nitrogen and oxygen atoms in total. The Morgan fingerprint density at radius 3 is 2.60 bits per heavy atom. The van der Waals surface area contributed by atoms with E-state index in [1.165, 1.54) is 5.56 Å².